The molecule has 0 aromatic heterocycles. The molecule has 0 aliphatic carbocycles. The quantitative estimate of drug-likeness (QED) is 0.0197. The first-order valence-corrected chi connectivity index (χ1v) is 27.1. The Morgan fingerprint density at radius 1 is 0.594 bits per heavy atom. The average molecular weight is 931 g/mol. The molecule has 4 N–H and O–H groups in total. The molecule has 1 aliphatic rings. The van der Waals surface area contributed by atoms with E-state index in [1.807, 2.05) is 0 Å². The molecule has 376 valence electrons. The summed E-state index contributed by atoms with van der Waals surface area (Å²) in [6, 6.07) is 0. The van der Waals surface area contributed by atoms with Crippen molar-refractivity contribution in [2.45, 2.75) is 256 Å². The van der Waals surface area contributed by atoms with Gasteiger partial charge in [-0.15, -0.1) is 0 Å². The van der Waals surface area contributed by atoms with Crippen molar-refractivity contribution in [2.75, 3.05) is 26.4 Å². The molecule has 0 bridgehead atoms. The maximum Gasteiger partial charge on any atom is 0.397 e. The van der Waals surface area contributed by atoms with Crippen LogP contribution in [0.4, 0.5) is 0 Å². The summed E-state index contributed by atoms with van der Waals surface area (Å²) >= 11 is 0. The predicted molar refractivity (Wildman–Crippen MR) is 257 cm³/mol. The zero-order valence-electron chi connectivity index (χ0n) is 40.3. The Morgan fingerprint density at radius 2 is 1.03 bits per heavy atom. The van der Waals surface area contributed by atoms with Gasteiger partial charge in [-0.25, -0.2) is 4.18 Å². The van der Waals surface area contributed by atoms with Crippen LogP contribution in [0, 0.1) is 0 Å². The molecule has 0 spiro atoms. The van der Waals surface area contributed by atoms with E-state index in [1.165, 1.54) is 135 Å². The number of esters is 1. The van der Waals surface area contributed by atoms with Crippen LogP contribution >= 0.6 is 0 Å². The maximum absolute atomic E-state index is 12.9. The second-order valence-corrected chi connectivity index (χ2v) is 18.8. The summed E-state index contributed by atoms with van der Waals surface area (Å²) in [6.45, 7) is 3.99. The highest BCUT2D eigenvalue weighted by Gasteiger charge is 2.48. The fourth-order valence-corrected chi connectivity index (χ4v) is 8.37. The largest absolute Gasteiger partial charge is 0.457 e. The van der Waals surface area contributed by atoms with Crippen molar-refractivity contribution in [1.82, 2.24) is 0 Å². The monoisotopic (exact) mass is 931 g/mol. The lowest BCUT2D eigenvalue weighted by Crippen LogP contribution is -2.60. The molecule has 0 saturated carbocycles. The summed E-state index contributed by atoms with van der Waals surface area (Å²) in [7, 11) is -5.06. The number of carbonyl (C=O) groups excluding carboxylic acids is 1. The van der Waals surface area contributed by atoms with Gasteiger partial charge in [0.1, 0.15) is 30.5 Å². The third-order valence-electron chi connectivity index (χ3n) is 11.8. The van der Waals surface area contributed by atoms with Crippen molar-refractivity contribution in [3.8, 4) is 0 Å². The van der Waals surface area contributed by atoms with Gasteiger partial charge in [-0.1, -0.05) is 198 Å². The van der Waals surface area contributed by atoms with Crippen LogP contribution in [0.15, 0.2) is 36.5 Å². The van der Waals surface area contributed by atoms with Crippen LogP contribution in [-0.4, -0.2) is 97.5 Å². The first-order valence-electron chi connectivity index (χ1n) is 25.7. The minimum absolute atomic E-state index is 0.0347. The van der Waals surface area contributed by atoms with Crippen molar-refractivity contribution >= 4 is 16.4 Å². The summed E-state index contributed by atoms with van der Waals surface area (Å²) in [4.78, 5) is 12.9. The van der Waals surface area contributed by atoms with Gasteiger partial charge in [-0.2, -0.15) is 8.42 Å². The summed E-state index contributed by atoms with van der Waals surface area (Å²) in [6.07, 6.45) is 41.8. The van der Waals surface area contributed by atoms with E-state index in [0.717, 1.165) is 57.8 Å². The molecule has 1 saturated heterocycles. The minimum Gasteiger partial charge on any atom is -0.457 e. The molecule has 0 aromatic rings. The highest BCUT2D eigenvalue weighted by atomic mass is 32.3. The zero-order valence-corrected chi connectivity index (χ0v) is 41.2. The van der Waals surface area contributed by atoms with Crippen LogP contribution in [0.25, 0.3) is 0 Å². The van der Waals surface area contributed by atoms with Gasteiger partial charge < -0.3 is 34.3 Å². The predicted octanol–water partition coefficient (Wildman–Crippen LogP) is 11.7. The van der Waals surface area contributed by atoms with E-state index < -0.39 is 59.8 Å². The number of aliphatic hydroxyl groups is 3. The van der Waals surface area contributed by atoms with E-state index in [-0.39, 0.29) is 19.6 Å². The fraction of sp³-hybridized carbons (Fsp3) is 0.863. The van der Waals surface area contributed by atoms with Crippen LogP contribution in [0.2, 0.25) is 0 Å². The summed E-state index contributed by atoms with van der Waals surface area (Å²) < 4.78 is 59.2. The third-order valence-corrected chi connectivity index (χ3v) is 12.2. The van der Waals surface area contributed by atoms with Crippen LogP contribution in [-0.2, 0) is 38.3 Å². The Kier molecular flexibility index (Phi) is 40.2. The van der Waals surface area contributed by atoms with Gasteiger partial charge in [-0.05, 0) is 51.4 Å². The Morgan fingerprint density at radius 3 is 1.50 bits per heavy atom. The summed E-state index contributed by atoms with van der Waals surface area (Å²) in [5.41, 5.74) is 0. The lowest BCUT2D eigenvalue weighted by Gasteiger charge is -2.41. The van der Waals surface area contributed by atoms with Gasteiger partial charge >= 0.3 is 16.4 Å². The highest BCUT2D eigenvalue weighted by Crippen LogP contribution is 2.26. The molecule has 64 heavy (non-hydrogen) atoms. The van der Waals surface area contributed by atoms with Gasteiger partial charge in [0.2, 0.25) is 0 Å². The Hall–Kier alpha value is -1.68. The van der Waals surface area contributed by atoms with Crippen molar-refractivity contribution in [3.05, 3.63) is 36.5 Å². The molecule has 6 unspecified atom stereocenters. The van der Waals surface area contributed by atoms with E-state index in [1.54, 1.807) is 0 Å². The first kappa shape index (κ1) is 60.3. The van der Waals surface area contributed by atoms with Crippen molar-refractivity contribution < 1.29 is 56.2 Å². The van der Waals surface area contributed by atoms with Crippen LogP contribution in [0.3, 0.4) is 0 Å². The molecule has 0 aromatic carbocycles. The molecule has 1 heterocycles. The third kappa shape index (κ3) is 35.5. The number of hydrogen-bond donors (Lipinski definition) is 4. The van der Waals surface area contributed by atoms with Gasteiger partial charge in [0.05, 0.1) is 19.8 Å². The molecule has 1 fully saturated rings. The van der Waals surface area contributed by atoms with Crippen LogP contribution in [0.1, 0.15) is 219 Å². The van der Waals surface area contributed by atoms with Gasteiger partial charge in [0.15, 0.2) is 6.29 Å². The number of hydrogen-bond acceptors (Lipinski definition) is 11. The van der Waals surface area contributed by atoms with Gasteiger partial charge in [0.25, 0.3) is 0 Å². The van der Waals surface area contributed by atoms with Crippen LogP contribution in [0.5, 0.6) is 0 Å². The molecule has 0 radical (unpaired) electrons. The number of rotatable bonds is 45. The average Bonchev–Trinajstić information content (AvgIpc) is 3.27. The Bertz CT molecular complexity index is 1260. The number of aliphatic hydroxyl groups excluding tert-OH is 3. The lowest BCUT2D eigenvalue weighted by atomic mass is 9.99. The van der Waals surface area contributed by atoms with E-state index >= 15 is 0 Å². The number of allylic oxidation sites excluding steroid dienone is 6. The highest BCUT2D eigenvalue weighted by molar-refractivity contribution is 7.80. The number of carbonyl (C=O) groups is 1. The normalized spacial score (nSPS) is 20.0. The van der Waals surface area contributed by atoms with E-state index in [4.69, 9.17) is 18.9 Å². The SMILES string of the molecule is CCCCCCC/C=C\C/C=C\C/C=C\CCCCCCCCCCCOCC(COC1OC(CO)C(O)C(OS(=O)(=O)O)C1O)OC(=O)CCCCCCCCCCCCCCC. The lowest BCUT2D eigenvalue weighted by molar-refractivity contribution is -0.301. The summed E-state index contributed by atoms with van der Waals surface area (Å²) in [5.74, 6) is -0.400. The molecule has 1 rings (SSSR count). The second kappa shape index (κ2) is 42.7. The summed E-state index contributed by atoms with van der Waals surface area (Å²) in [5, 5.41) is 30.7. The maximum atomic E-state index is 12.9. The van der Waals surface area contributed by atoms with Crippen molar-refractivity contribution in [1.29, 1.82) is 0 Å². The molecule has 12 nitrogen and oxygen atoms in total. The fourth-order valence-electron chi connectivity index (χ4n) is 7.86. The standard InChI is InChI=1S/C51H94O12S/c1-3-5-7-9-11-13-15-17-18-19-20-21-22-23-24-25-26-27-29-31-33-35-37-39-41-59-43-45(44-60-51-49(55)50(63-64(56,57)58)48(54)46(42-52)62-51)61-47(53)40-38-36-34-32-30-28-16-14-12-10-8-6-4-2/h15,17,19-20,22-23,45-46,48-52,54-55H,3-14,16,18,21,24-44H2,1-2H3,(H,56,57,58)/b17-15-,20-19-,23-22-. The molecule has 0 amide bonds. The van der Waals surface area contributed by atoms with Gasteiger partial charge in [-0.3, -0.25) is 9.35 Å². The molecule has 1 aliphatic heterocycles. The Balaban J connectivity index is 2.33. The smallest absolute Gasteiger partial charge is 0.397 e. The van der Waals surface area contributed by atoms with Crippen molar-refractivity contribution in [2.24, 2.45) is 0 Å². The minimum atomic E-state index is -5.06. The van der Waals surface area contributed by atoms with E-state index in [0.29, 0.717) is 13.0 Å². The first-order chi connectivity index (χ1) is 31.1. The van der Waals surface area contributed by atoms with E-state index in [9.17, 15) is 33.1 Å². The van der Waals surface area contributed by atoms with Crippen LogP contribution < -0.4 is 0 Å². The topological polar surface area (TPSA) is 178 Å². The molecular formula is C51H94O12S. The molecule has 6 atom stereocenters. The molecular weight excluding hydrogens is 837 g/mol. The van der Waals surface area contributed by atoms with E-state index in [2.05, 4.69) is 54.5 Å². The number of ether oxygens (including phenoxy) is 4. The zero-order chi connectivity index (χ0) is 46.8. The molecule has 13 heteroatoms. The number of unbranched alkanes of at least 4 members (excludes halogenated alkanes) is 26. The van der Waals surface area contributed by atoms with Crippen molar-refractivity contribution in [3.63, 3.8) is 0 Å². The Labute approximate surface area is 390 Å². The van der Waals surface area contributed by atoms with Gasteiger partial charge in [0, 0.05) is 13.0 Å². The second-order valence-electron chi connectivity index (χ2n) is 17.8.